The molecule has 1 aromatic carbocycles. The highest BCUT2D eigenvalue weighted by Crippen LogP contribution is 2.32. The van der Waals surface area contributed by atoms with Crippen LogP contribution in [-0.2, 0) is 14.3 Å². The van der Waals surface area contributed by atoms with Crippen molar-refractivity contribution in [3.05, 3.63) is 41.1 Å². The maximum atomic E-state index is 12.7. The lowest BCUT2D eigenvalue weighted by Gasteiger charge is -2.37. The van der Waals surface area contributed by atoms with Crippen molar-refractivity contribution in [2.45, 2.75) is 59.4 Å². The fourth-order valence-electron chi connectivity index (χ4n) is 3.80. The fraction of sp³-hybridized carbons (Fsp3) is 0.522. The molecule has 1 aliphatic heterocycles. The zero-order chi connectivity index (χ0) is 22.3. The van der Waals surface area contributed by atoms with Crippen LogP contribution in [0, 0.1) is 5.92 Å². The van der Waals surface area contributed by atoms with Crippen LogP contribution in [0.2, 0.25) is 0 Å². The van der Waals surface area contributed by atoms with Crippen molar-refractivity contribution in [1.82, 2.24) is 10.2 Å². The number of nitrogens with zero attached hydrogens (tertiary/aromatic N) is 1. The molecule has 0 saturated heterocycles. The van der Waals surface area contributed by atoms with Crippen LogP contribution >= 0.6 is 12.2 Å². The SMILES string of the molecule is CCCC[C@H](CC)C(=O)Nc1cccc([C@H]2NC(=S)N(CC)C(C)=C2C(=O)OC)c1. The van der Waals surface area contributed by atoms with E-state index < -0.39 is 12.0 Å². The standard InChI is InChI=1S/C23H33N3O3S/c1-6-9-11-16(7-2)21(27)24-18-13-10-12-17(14-18)20-19(22(28)29-5)15(4)26(8-3)23(30)25-20/h10,12-14,16,20H,6-9,11H2,1-5H3,(H,24,27)(H,25,30)/t16-,20+/m0/s1. The Hall–Kier alpha value is -2.41. The summed E-state index contributed by atoms with van der Waals surface area (Å²) in [5.74, 6) is -0.363. The molecular formula is C23H33N3O3S. The van der Waals surface area contributed by atoms with Gasteiger partial charge in [-0.25, -0.2) is 4.79 Å². The van der Waals surface area contributed by atoms with Gasteiger partial charge in [0, 0.05) is 23.8 Å². The van der Waals surface area contributed by atoms with Gasteiger partial charge in [0.1, 0.15) is 0 Å². The minimum Gasteiger partial charge on any atom is -0.466 e. The van der Waals surface area contributed by atoms with Gasteiger partial charge in [-0.05, 0) is 56.6 Å². The third-order valence-corrected chi connectivity index (χ3v) is 5.91. The van der Waals surface area contributed by atoms with Crippen LogP contribution < -0.4 is 10.6 Å². The summed E-state index contributed by atoms with van der Waals surface area (Å²) in [6.45, 7) is 8.67. The van der Waals surface area contributed by atoms with Crippen LogP contribution in [0.25, 0.3) is 0 Å². The van der Waals surface area contributed by atoms with Crippen LogP contribution in [0.4, 0.5) is 5.69 Å². The molecule has 30 heavy (non-hydrogen) atoms. The summed E-state index contributed by atoms with van der Waals surface area (Å²) in [4.78, 5) is 27.1. The highest BCUT2D eigenvalue weighted by molar-refractivity contribution is 7.80. The van der Waals surface area contributed by atoms with E-state index in [0.717, 1.165) is 36.9 Å². The Balaban J connectivity index is 2.33. The second-order valence-corrected chi connectivity index (χ2v) is 7.87. The molecule has 0 aromatic heterocycles. The van der Waals surface area contributed by atoms with Crippen LogP contribution in [-0.4, -0.2) is 35.5 Å². The summed E-state index contributed by atoms with van der Waals surface area (Å²) in [7, 11) is 1.38. The molecule has 2 N–H and O–H groups in total. The van der Waals surface area contributed by atoms with Gasteiger partial charge >= 0.3 is 5.97 Å². The van der Waals surface area contributed by atoms with Crippen LogP contribution in [0.15, 0.2) is 35.5 Å². The van der Waals surface area contributed by atoms with Crippen molar-refractivity contribution in [2.75, 3.05) is 19.0 Å². The molecule has 1 aromatic rings. The molecule has 1 amide bonds. The minimum atomic E-state index is -0.438. The fourth-order valence-corrected chi connectivity index (χ4v) is 4.18. The normalized spacial score (nSPS) is 17.4. The van der Waals surface area contributed by atoms with Gasteiger partial charge < -0.3 is 20.3 Å². The largest absolute Gasteiger partial charge is 0.466 e. The molecule has 0 radical (unpaired) electrons. The first kappa shape index (κ1) is 23.9. The third kappa shape index (κ3) is 5.39. The molecule has 1 aliphatic rings. The quantitative estimate of drug-likeness (QED) is 0.442. The second-order valence-electron chi connectivity index (χ2n) is 7.48. The maximum absolute atomic E-state index is 12.7. The Morgan fingerprint density at radius 2 is 2.03 bits per heavy atom. The number of hydrogen-bond acceptors (Lipinski definition) is 4. The first-order valence-electron chi connectivity index (χ1n) is 10.7. The molecule has 0 aliphatic carbocycles. The highest BCUT2D eigenvalue weighted by Gasteiger charge is 2.34. The predicted octanol–water partition coefficient (Wildman–Crippen LogP) is 4.54. The van der Waals surface area contributed by atoms with E-state index in [0.29, 0.717) is 22.9 Å². The van der Waals surface area contributed by atoms with Crippen molar-refractivity contribution >= 4 is 34.9 Å². The summed E-state index contributed by atoms with van der Waals surface area (Å²) in [5.41, 5.74) is 2.84. The maximum Gasteiger partial charge on any atom is 0.337 e. The van der Waals surface area contributed by atoms with Crippen LogP contribution in [0.5, 0.6) is 0 Å². The number of ether oxygens (including phenoxy) is 1. The number of carbonyl (C=O) groups is 2. The number of methoxy groups -OCH3 is 1. The van der Waals surface area contributed by atoms with Gasteiger partial charge in [0.2, 0.25) is 5.91 Å². The number of thiocarbonyl (C=S) groups is 1. The van der Waals surface area contributed by atoms with E-state index in [2.05, 4.69) is 17.6 Å². The monoisotopic (exact) mass is 431 g/mol. The number of esters is 1. The number of amides is 1. The molecule has 7 heteroatoms. The second kappa shape index (κ2) is 11.1. The summed E-state index contributed by atoms with van der Waals surface area (Å²) in [6.07, 6.45) is 3.81. The number of benzene rings is 1. The summed E-state index contributed by atoms with van der Waals surface area (Å²) >= 11 is 5.51. The minimum absolute atomic E-state index is 0.000118. The van der Waals surface area contributed by atoms with Crippen LogP contribution in [0.1, 0.15) is 65.0 Å². The van der Waals surface area contributed by atoms with E-state index in [4.69, 9.17) is 17.0 Å². The van der Waals surface area contributed by atoms with Gasteiger partial charge in [0.25, 0.3) is 0 Å². The molecule has 0 bridgehead atoms. The van der Waals surface area contributed by atoms with Gasteiger partial charge in [-0.3, -0.25) is 4.79 Å². The van der Waals surface area contributed by atoms with Crippen molar-refractivity contribution in [3.8, 4) is 0 Å². The van der Waals surface area contributed by atoms with Crippen molar-refractivity contribution in [2.24, 2.45) is 5.92 Å². The summed E-state index contributed by atoms with van der Waals surface area (Å²) in [5, 5.41) is 6.86. The number of anilines is 1. The van der Waals surface area contributed by atoms with E-state index in [1.807, 2.05) is 49.9 Å². The van der Waals surface area contributed by atoms with Gasteiger partial charge in [-0.15, -0.1) is 0 Å². The Morgan fingerprint density at radius 1 is 1.30 bits per heavy atom. The smallest absolute Gasteiger partial charge is 0.337 e. The Bertz CT molecular complexity index is 822. The zero-order valence-corrected chi connectivity index (χ0v) is 19.4. The first-order valence-corrected chi connectivity index (χ1v) is 11.1. The molecule has 2 rings (SSSR count). The Morgan fingerprint density at radius 3 is 2.63 bits per heavy atom. The topological polar surface area (TPSA) is 70.7 Å². The number of allylic oxidation sites excluding steroid dienone is 1. The van der Waals surface area contributed by atoms with E-state index in [9.17, 15) is 9.59 Å². The van der Waals surface area contributed by atoms with E-state index in [1.54, 1.807) is 0 Å². The molecule has 1 heterocycles. The Kier molecular flexibility index (Phi) is 8.84. The molecule has 0 unspecified atom stereocenters. The zero-order valence-electron chi connectivity index (χ0n) is 18.6. The third-order valence-electron chi connectivity index (χ3n) is 5.58. The van der Waals surface area contributed by atoms with Gasteiger partial charge in [-0.2, -0.15) is 0 Å². The van der Waals surface area contributed by atoms with E-state index in [-0.39, 0.29) is 11.8 Å². The number of rotatable bonds is 9. The van der Waals surface area contributed by atoms with E-state index in [1.165, 1.54) is 7.11 Å². The summed E-state index contributed by atoms with van der Waals surface area (Å²) in [6, 6.07) is 7.11. The molecule has 0 spiro atoms. The first-order chi connectivity index (χ1) is 14.4. The molecule has 0 fully saturated rings. The summed E-state index contributed by atoms with van der Waals surface area (Å²) < 4.78 is 5.04. The number of unbranched alkanes of at least 4 members (excludes halogenated alkanes) is 1. The van der Waals surface area contributed by atoms with Gasteiger partial charge in [0.15, 0.2) is 5.11 Å². The number of nitrogens with one attached hydrogen (secondary N) is 2. The average Bonchev–Trinajstić information content (AvgIpc) is 2.74. The van der Waals surface area contributed by atoms with E-state index >= 15 is 0 Å². The Labute approximate surface area is 185 Å². The molecular weight excluding hydrogens is 398 g/mol. The lowest BCUT2D eigenvalue weighted by atomic mass is 9.94. The lowest BCUT2D eigenvalue weighted by Crippen LogP contribution is -2.47. The van der Waals surface area contributed by atoms with Gasteiger partial charge in [-0.1, -0.05) is 38.8 Å². The lowest BCUT2D eigenvalue weighted by molar-refractivity contribution is -0.136. The highest BCUT2D eigenvalue weighted by atomic mass is 32.1. The molecule has 2 atom stereocenters. The molecule has 6 nitrogen and oxygen atoms in total. The van der Waals surface area contributed by atoms with Crippen molar-refractivity contribution in [1.29, 1.82) is 0 Å². The number of carbonyl (C=O) groups excluding carboxylic acids is 2. The molecule has 0 saturated carbocycles. The van der Waals surface area contributed by atoms with Crippen LogP contribution in [0.3, 0.4) is 0 Å². The van der Waals surface area contributed by atoms with Crippen molar-refractivity contribution < 1.29 is 14.3 Å². The molecule has 164 valence electrons. The van der Waals surface area contributed by atoms with Crippen molar-refractivity contribution in [3.63, 3.8) is 0 Å². The number of hydrogen-bond donors (Lipinski definition) is 2. The average molecular weight is 432 g/mol. The predicted molar refractivity (Wildman–Crippen MR) is 124 cm³/mol. The van der Waals surface area contributed by atoms with Gasteiger partial charge in [0.05, 0.1) is 18.7 Å².